The fourth-order valence-electron chi connectivity index (χ4n) is 2.70. The normalized spacial score (nSPS) is 18.9. The highest BCUT2D eigenvalue weighted by molar-refractivity contribution is 9.08. The molecule has 0 atom stereocenters. The Hall–Kier alpha value is -0.710. The van der Waals surface area contributed by atoms with Gasteiger partial charge in [0.15, 0.2) is 0 Å². The minimum atomic E-state index is -4.30. The molecule has 0 spiro atoms. The molecule has 0 radical (unpaired) electrons. The third-order valence-electron chi connectivity index (χ3n) is 3.76. The largest absolute Gasteiger partial charge is 0.416 e. The summed E-state index contributed by atoms with van der Waals surface area (Å²) < 4.78 is 39.2. The van der Waals surface area contributed by atoms with Crippen molar-refractivity contribution in [1.29, 1.82) is 0 Å². The van der Waals surface area contributed by atoms with Gasteiger partial charge in [0.05, 0.1) is 5.56 Å². The third kappa shape index (κ3) is 2.91. The van der Waals surface area contributed by atoms with Gasteiger partial charge in [-0.05, 0) is 44.4 Å². The number of anilines is 1. The second-order valence-electron chi connectivity index (χ2n) is 5.54. The molecule has 1 aromatic carbocycles. The fourth-order valence-corrected chi connectivity index (χ4v) is 3.19. The molecule has 0 saturated carbocycles. The van der Waals surface area contributed by atoms with E-state index >= 15 is 0 Å². The van der Waals surface area contributed by atoms with Crippen molar-refractivity contribution in [3.63, 3.8) is 0 Å². The van der Waals surface area contributed by atoms with Crippen molar-refractivity contribution in [1.82, 2.24) is 0 Å². The van der Waals surface area contributed by atoms with Gasteiger partial charge in [-0.2, -0.15) is 13.2 Å². The third-order valence-corrected chi connectivity index (χ3v) is 4.36. The Morgan fingerprint density at radius 2 is 2.00 bits per heavy atom. The second-order valence-corrected chi connectivity index (χ2v) is 6.10. The molecule has 1 fully saturated rings. The molecule has 19 heavy (non-hydrogen) atoms. The van der Waals surface area contributed by atoms with Crippen LogP contribution in [0.4, 0.5) is 18.9 Å². The van der Waals surface area contributed by atoms with Crippen molar-refractivity contribution >= 4 is 21.6 Å². The molecule has 5 heteroatoms. The van der Waals surface area contributed by atoms with E-state index in [-0.39, 0.29) is 16.4 Å². The Balaban J connectivity index is 2.44. The predicted molar refractivity (Wildman–Crippen MR) is 74.7 cm³/mol. The number of benzene rings is 1. The molecule has 1 aromatic rings. The van der Waals surface area contributed by atoms with Crippen LogP contribution in [0.15, 0.2) is 18.2 Å². The van der Waals surface area contributed by atoms with Gasteiger partial charge in [-0.15, -0.1) is 0 Å². The zero-order valence-corrected chi connectivity index (χ0v) is 12.6. The first-order valence-electron chi connectivity index (χ1n) is 6.29. The minimum absolute atomic E-state index is 0.0706. The predicted octanol–water partition coefficient (Wildman–Crippen LogP) is 4.98. The lowest BCUT2D eigenvalue weighted by Gasteiger charge is -2.34. The highest BCUT2D eigenvalue weighted by Crippen LogP contribution is 2.39. The maximum atomic E-state index is 13.1. The first kappa shape index (κ1) is 14.7. The van der Waals surface area contributed by atoms with Crippen LogP contribution >= 0.6 is 15.9 Å². The molecule has 0 aromatic heterocycles. The molecule has 1 saturated heterocycles. The van der Waals surface area contributed by atoms with Crippen molar-refractivity contribution in [2.24, 2.45) is 0 Å². The first-order valence-corrected chi connectivity index (χ1v) is 7.41. The number of alkyl halides is 4. The maximum Gasteiger partial charge on any atom is 0.416 e. The highest BCUT2D eigenvalue weighted by atomic mass is 79.9. The fraction of sp³-hybridized carbons (Fsp3) is 0.571. The highest BCUT2D eigenvalue weighted by Gasteiger charge is 2.36. The molecular weight excluding hydrogens is 319 g/mol. The Bertz CT molecular complexity index is 468. The molecule has 0 unspecified atom stereocenters. The Morgan fingerprint density at radius 3 is 2.47 bits per heavy atom. The summed E-state index contributed by atoms with van der Waals surface area (Å²) in [5.74, 6) is 0. The lowest BCUT2D eigenvalue weighted by atomic mass is 10.0. The van der Waals surface area contributed by atoms with E-state index in [9.17, 15) is 13.2 Å². The van der Waals surface area contributed by atoms with E-state index in [4.69, 9.17) is 0 Å². The number of hydrogen-bond acceptors (Lipinski definition) is 1. The standard InChI is InChI=1S/C14H17BrF3N/c1-13(2)6-3-7-19(13)11-5-4-10(9-15)12(8-11)14(16,17)18/h4-5,8H,3,6-7,9H2,1-2H3. The SMILES string of the molecule is CC1(C)CCCN1c1ccc(CBr)c(C(F)(F)F)c1. The van der Waals surface area contributed by atoms with Crippen LogP contribution in [0.25, 0.3) is 0 Å². The summed E-state index contributed by atoms with van der Waals surface area (Å²) in [5, 5.41) is 0.214. The molecule has 1 heterocycles. The van der Waals surface area contributed by atoms with Gasteiger partial charge < -0.3 is 4.90 Å². The number of nitrogens with zero attached hydrogens (tertiary/aromatic N) is 1. The molecule has 0 bridgehead atoms. The van der Waals surface area contributed by atoms with Crippen LogP contribution in [-0.2, 0) is 11.5 Å². The van der Waals surface area contributed by atoms with Gasteiger partial charge in [0.25, 0.3) is 0 Å². The summed E-state index contributed by atoms with van der Waals surface area (Å²) in [6.07, 6.45) is -2.27. The van der Waals surface area contributed by atoms with Crippen LogP contribution in [-0.4, -0.2) is 12.1 Å². The smallest absolute Gasteiger partial charge is 0.366 e. The van der Waals surface area contributed by atoms with E-state index in [1.54, 1.807) is 12.1 Å². The van der Waals surface area contributed by atoms with Gasteiger partial charge in [0, 0.05) is 23.1 Å². The monoisotopic (exact) mass is 335 g/mol. The summed E-state index contributed by atoms with van der Waals surface area (Å²) in [6, 6.07) is 4.64. The van der Waals surface area contributed by atoms with Crippen LogP contribution < -0.4 is 4.90 Å². The zero-order valence-electron chi connectivity index (χ0n) is 11.0. The molecule has 1 aliphatic rings. The van der Waals surface area contributed by atoms with Gasteiger partial charge in [-0.3, -0.25) is 0 Å². The quantitative estimate of drug-likeness (QED) is 0.689. The van der Waals surface area contributed by atoms with E-state index in [0.29, 0.717) is 5.69 Å². The average Bonchev–Trinajstić information content (AvgIpc) is 2.67. The van der Waals surface area contributed by atoms with Gasteiger partial charge in [0.1, 0.15) is 0 Å². The Labute approximate surface area is 119 Å². The van der Waals surface area contributed by atoms with Crippen molar-refractivity contribution in [3.8, 4) is 0 Å². The molecule has 1 nitrogen and oxygen atoms in total. The molecule has 0 N–H and O–H groups in total. The number of hydrogen-bond donors (Lipinski definition) is 0. The van der Waals surface area contributed by atoms with Crippen LogP contribution in [0.1, 0.15) is 37.8 Å². The van der Waals surface area contributed by atoms with Crippen LogP contribution in [0.5, 0.6) is 0 Å². The summed E-state index contributed by atoms with van der Waals surface area (Å²) in [6.45, 7) is 4.97. The summed E-state index contributed by atoms with van der Waals surface area (Å²) in [7, 11) is 0. The minimum Gasteiger partial charge on any atom is -0.366 e. The maximum absolute atomic E-state index is 13.1. The van der Waals surface area contributed by atoms with Crippen LogP contribution in [0, 0.1) is 0 Å². The molecule has 1 aliphatic heterocycles. The zero-order chi connectivity index (χ0) is 14.3. The van der Waals surface area contributed by atoms with Gasteiger partial charge in [-0.1, -0.05) is 22.0 Å². The van der Waals surface area contributed by atoms with E-state index in [1.807, 2.05) is 0 Å². The Kier molecular flexibility index (Phi) is 3.87. The summed E-state index contributed by atoms with van der Waals surface area (Å²) >= 11 is 3.12. The molecule has 106 valence electrons. The van der Waals surface area contributed by atoms with Crippen molar-refractivity contribution in [2.45, 2.75) is 43.7 Å². The summed E-state index contributed by atoms with van der Waals surface area (Å²) in [4.78, 5) is 2.07. The lowest BCUT2D eigenvalue weighted by molar-refractivity contribution is -0.138. The van der Waals surface area contributed by atoms with E-state index in [2.05, 4.69) is 34.7 Å². The second kappa shape index (κ2) is 5.00. The Morgan fingerprint density at radius 1 is 1.32 bits per heavy atom. The molecular formula is C14H17BrF3N. The molecule has 2 rings (SSSR count). The van der Waals surface area contributed by atoms with Gasteiger partial charge in [0.2, 0.25) is 0 Å². The van der Waals surface area contributed by atoms with E-state index in [0.717, 1.165) is 19.4 Å². The topological polar surface area (TPSA) is 3.24 Å². The average molecular weight is 336 g/mol. The van der Waals surface area contributed by atoms with E-state index < -0.39 is 11.7 Å². The van der Waals surface area contributed by atoms with Crippen LogP contribution in [0.3, 0.4) is 0 Å². The van der Waals surface area contributed by atoms with Crippen molar-refractivity contribution in [3.05, 3.63) is 29.3 Å². The summed E-state index contributed by atoms with van der Waals surface area (Å²) in [5.41, 5.74) is 0.344. The van der Waals surface area contributed by atoms with Crippen molar-refractivity contribution in [2.75, 3.05) is 11.4 Å². The number of halogens is 4. The lowest BCUT2D eigenvalue weighted by Crippen LogP contribution is -2.38. The van der Waals surface area contributed by atoms with Crippen LogP contribution in [0.2, 0.25) is 0 Å². The van der Waals surface area contributed by atoms with Gasteiger partial charge >= 0.3 is 6.18 Å². The first-order chi connectivity index (χ1) is 8.75. The number of rotatable bonds is 2. The molecule has 0 amide bonds. The van der Waals surface area contributed by atoms with E-state index in [1.165, 1.54) is 6.07 Å². The van der Waals surface area contributed by atoms with Crippen molar-refractivity contribution < 1.29 is 13.2 Å². The molecule has 0 aliphatic carbocycles. The van der Waals surface area contributed by atoms with Gasteiger partial charge in [-0.25, -0.2) is 0 Å².